The van der Waals surface area contributed by atoms with Crippen LogP contribution in [-0.4, -0.2) is 5.33 Å². The molecule has 0 aliphatic carbocycles. The van der Waals surface area contributed by atoms with Crippen LogP contribution in [-0.2, 0) is 6.42 Å². The predicted molar refractivity (Wildman–Crippen MR) is 81.0 cm³/mol. The molecule has 0 aliphatic heterocycles. The second-order valence-corrected chi connectivity index (χ2v) is 6.97. The van der Waals surface area contributed by atoms with Gasteiger partial charge < -0.3 is 0 Å². The summed E-state index contributed by atoms with van der Waals surface area (Å²) in [4.78, 5) is 0. The summed E-state index contributed by atoms with van der Waals surface area (Å²) in [7, 11) is 0. The Morgan fingerprint density at radius 3 is 1.94 bits per heavy atom. The molecular weight excluding hydrogens is 272 g/mol. The molecule has 0 bridgehead atoms. The van der Waals surface area contributed by atoms with Crippen molar-refractivity contribution in [2.45, 2.75) is 47.0 Å². The van der Waals surface area contributed by atoms with Crippen LogP contribution in [0, 0.1) is 11.3 Å². The van der Waals surface area contributed by atoms with E-state index in [1.54, 1.807) is 0 Å². The van der Waals surface area contributed by atoms with Gasteiger partial charge in [-0.1, -0.05) is 74.8 Å². The maximum atomic E-state index is 3.65. The molecule has 0 spiro atoms. The van der Waals surface area contributed by atoms with E-state index >= 15 is 0 Å². The summed E-state index contributed by atoms with van der Waals surface area (Å²) in [5.74, 6) is 1.31. The van der Waals surface area contributed by atoms with Gasteiger partial charge in [0.15, 0.2) is 0 Å². The average Bonchev–Trinajstić information content (AvgIpc) is 2.24. The van der Waals surface area contributed by atoms with Crippen LogP contribution in [0.1, 0.15) is 51.7 Å². The molecule has 0 fully saturated rings. The zero-order valence-electron chi connectivity index (χ0n) is 11.8. The zero-order chi connectivity index (χ0) is 13.1. The van der Waals surface area contributed by atoms with E-state index < -0.39 is 0 Å². The van der Waals surface area contributed by atoms with Crippen molar-refractivity contribution in [2.75, 3.05) is 5.33 Å². The maximum Gasteiger partial charge on any atom is 0.00678 e. The van der Waals surface area contributed by atoms with Gasteiger partial charge in [0.1, 0.15) is 0 Å². The summed E-state index contributed by atoms with van der Waals surface area (Å²) in [6.07, 6.45) is 1.16. The highest BCUT2D eigenvalue weighted by molar-refractivity contribution is 9.09. The Labute approximate surface area is 115 Å². The number of hydrogen-bond donors (Lipinski definition) is 0. The molecule has 1 aromatic rings. The van der Waals surface area contributed by atoms with Crippen molar-refractivity contribution in [1.82, 2.24) is 0 Å². The largest absolute Gasteiger partial charge is 0.0925 e. The summed E-state index contributed by atoms with van der Waals surface area (Å²) in [5.41, 5.74) is 3.24. The minimum absolute atomic E-state index is 0.361. The van der Waals surface area contributed by atoms with Crippen LogP contribution in [0.4, 0.5) is 0 Å². The third-order valence-electron chi connectivity index (χ3n) is 3.54. The van der Waals surface area contributed by atoms with Crippen LogP contribution in [0.25, 0.3) is 0 Å². The summed E-state index contributed by atoms with van der Waals surface area (Å²) in [6, 6.07) is 9.12. The van der Waals surface area contributed by atoms with Crippen molar-refractivity contribution in [3.05, 3.63) is 35.4 Å². The molecule has 96 valence electrons. The summed E-state index contributed by atoms with van der Waals surface area (Å²) < 4.78 is 0. The first-order valence-electron chi connectivity index (χ1n) is 6.49. The van der Waals surface area contributed by atoms with Crippen LogP contribution in [0.2, 0.25) is 0 Å². The molecule has 0 radical (unpaired) electrons. The number of halogens is 1. The van der Waals surface area contributed by atoms with E-state index in [1.165, 1.54) is 11.1 Å². The van der Waals surface area contributed by atoms with E-state index in [0.717, 1.165) is 11.8 Å². The first kappa shape index (κ1) is 14.8. The predicted octanol–water partition coefficient (Wildman–Crippen LogP) is 5.41. The molecule has 0 nitrogen and oxygen atoms in total. The molecule has 0 saturated heterocycles. The fourth-order valence-electron chi connectivity index (χ4n) is 1.92. The Bertz CT molecular complexity index is 330. The van der Waals surface area contributed by atoms with Gasteiger partial charge in [0.05, 0.1) is 0 Å². The van der Waals surface area contributed by atoms with E-state index in [0.29, 0.717) is 17.3 Å². The van der Waals surface area contributed by atoms with Crippen molar-refractivity contribution in [3.8, 4) is 0 Å². The van der Waals surface area contributed by atoms with Gasteiger partial charge in [0, 0.05) is 5.33 Å². The molecule has 0 amide bonds. The van der Waals surface area contributed by atoms with Gasteiger partial charge in [-0.3, -0.25) is 0 Å². The third kappa shape index (κ3) is 4.46. The minimum atomic E-state index is 0.361. The van der Waals surface area contributed by atoms with E-state index in [1.807, 2.05) is 0 Å². The summed E-state index contributed by atoms with van der Waals surface area (Å²) in [5, 5.41) is 1.07. The molecule has 0 heterocycles. The second-order valence-electron chi connectivity index (χ2n) is 6.32. The molecule has 0 saturated carbocycles. The number of benzene rings is 1. The van der Waals surface area contributed by atoms with Crippen molar-refractivity contribution in [2.24, 2.45) is 11.3 Å². The molecular formula is C16H25Br. The Balaban J connectivity index is 2.74. The lowest BCUT2D eigenvalue weighted by Gasteiger charge is -2.29. The summed E-state index contributed by atoms with van der Waals surface area (Å²) in [6.45, 7) is 11.4. The highest BCUT2D eigenvalue weighted by Gasteiger charge is 2.23. The second kappa shape index (κ2) is 6.04. The standard InChI is InChI=1S/C16H25Br/c1-12(2)14-8-6-13(7-9-14)10-15(11-17)16(3,4)5/h6-9,12,15H,10-11H2,1-5H3. The highest BCUT2D eigenvalue weighted by Crippen LogP contribution is 2.30. The Morgan fingerprint density at radius 2 is 1.59 bits per heavy atom. The first-order chi connectivity index (χ1) is 7.84. The normalized spacial score (nSPS) is 14.1. The van der Waals surface area contributed by atoms with Crippen LogP contribution < -0.4 is 0 Å². The lowest BCUT2D eigenvalue weighted by Crippen LogP contribution is -2.24. The average molecular weight is 297 g/mol. The van der Waals surface area contributed by atoms with Gasteiger partial charge in [-0.05, 0) is 34.8 Å². The molecule has 0 aromatic heterocycles. The molecule has 1 aromatic carbocycles. The van der Waals surface area contributed by atoms with Crippen LogP contribution in [0.5, 0.6) is 0 Å². The highest BCUT2D eigenvalue weighted by atomic mass is 79.9. The topological polar surface area (TPSA) is 0 Å². The smallest absolute Gasteiger partial charge is 0.00678 e. The van der Waals surface area contributed by atoms with Crippen molar-refractivity contribution in [1.29, 1.82) is 0 Å². The Morgan fingerprint density at radius 1 is 1.06 bits per heavy atom. The van der Waals surface area contributed by atoms with E-state index in [-0.39, 0.29) is 0 Å². The summed E-state index contributed by atoms with van der Waals surface area (Å²) >= 11 is 3.65. The van der Waals surface area contributed by atoms with Gasteiger partial charge in [0.2, 0.25) is 0 Å². The van der Waals surface area contributed by atoms with E-state index in [9.17, 15) is 0 Å². The molecule has 17 heavy (non-hydrogen) atoms. The quantitative estimate of drug-likeness (QED) is 0.652. The van der Waals surface area contributed by atoms with Crippen LogP contribution >= 0.6 is 15.9 Å². The first-order valence-corrected chi connectivity index (χ1v) is 7.61. The molecule has 0 aliphatic rings. The van der Waals surface area contributed by atoms with Crippen molar-refractivity contribution < 1.29 is 0 Å². The Hall–Kier alpha value is -0.300. The maximum absolute atomic E-state index is 3.65. The number of hydrogen-bond acceptors (Lipinski definition) is 0. The van der Waals surface area contributed by atoms with E-state index in [2.05, 4.69) is 74.8 Å². The SMILES string of the molecule is CC(C)c1ccc(CC(CBr)C(C)(C)C)cc1. The van der Waals surface area contributed by atoms with Gasteiger partial charge in [0.25, 0.3) is 0 Å². The zero-order valence-corrected chi connectivity index (χ0v) is 13.3. The number of alkyl halides is 1. The van der Waals surface area contributed by atoms with Crippen molar-refractivity contribution >= 4 is 15.9 Å². The Kier molecular flexibility index (Phi) is 5.24. The van der Waals surface area contributed by atoms with Crippen molar-refractivity contribution in [3.63, 3.8) is 0 Å². The molecule has 0 N–H and O–H groups in total. The van der Waals surface area contributed by atoms with Gasteiger partial charge in [-0.2, -0.15) is 0 Å². The minimum Gasteiger partial charge on any atom is -0.0925 e. The fraction of sp³-hybridized carbons (Fsp3) is 0.625. The fourth-order valence-corrected chi connectivity index (χ4v) is 3.12. The molecule has 1 unspecified atom stereocenters. The van der Waals surface area contributed by atoms with Crippen LogP contribution in [0.3, 0.4) is 0 Å². The lowest BCUT2D eigenvalue weighted by atomic mass is 9.78. The molecule has 1 rings (SSSR count). The monoisotopic (exact) mass is 296 g/mol. The third-order valence-corrected chi connectivity index (χ3v) is 4.32. The number of rotatable bonds is 4. The molecule has 1 atom stereocenters. The lowest BCUT2D eigenvalue weighted by molar-refractivity contribution is 0.267. The van der Waals surface area contributed by atoms with Gasteiger partial charge in [-0.15, -0.1) is 0 Å². The molecule has 1 heteroatoms. The van der Waals surface area contributed by atoms with Gasteiger partial charge >= 0.3 is 0 Å². The van der Waals surface area contributed by atoms with Gasteiger partial charge in [-0.25, -0.2) is 0 Å². The van der Waals surface area contributed by atoms with E-state index in [4.69, 9.17) is 0 Å². The van der Waals surface area contributed by atoms with Crippen LogP contribution in [0.15, 0.2) is 24.3 Å².